The lowest BCUT2D eigenvalue weighted by Crippen LogP contribution is -2.08. The van der Waals surface area contributed by atoms with Crippen LogP contribution >= 0.6 is 11.3 Å². The molecule has 0 unspecified atom stereocenters. The minimum absolute atomic E-state index is 0.402. The molecule has 0 aliphatic heterocycles. The predicted molar refractivity (Wildman–Crippen MR) is 74.3 cm³/mol. The van der Waals surface area contributed by atoms with Gasteiger partial charge in [-0.15, -0.1) is 11.3 Å². The molecule has 2 aromatic rings. The fourth-order valence-electron chi connectivity index (χ4n) is 2.09. The molecule has 3 nitrogen and oxygen atoms in total. The van der Waals surface area contributed by atoms with Gasteiger partial charge in [-0.3, -0.25) is 0 Å². The molecule has 0 aliphatic carbocycles. The molecule has 2 heterocycles. The van der Waals surface area contributed by atoms with E-state index in [2.05, 4.69) is 18.4 Å². The van der Waals surface area contributed by atoms with Gasteiger partial charge in [-0.1, -0.05) is 19.9 Å². The van der Waals surface area contributed by atoms with Gasteiger partial charge in [0.05, 0.1) is 16.1 Å². The van der Waals surface area contributed by atoms with Gasteiger partial charge >= 0.3 is 5.97 Å². The Bertz CT molecular complexity index is 553. The van der Waals surface area contributed by atoms with E-state index < -0.39 is 5.97 Å². The maximum absolute atomic E-state index is 11.2. The molecule has 0 atom stereocenters. The molecule has 18 heavy (non-hydrogen) atoms. The second-order valence-corrected chi connectivity index (χ2v) is 5.76. The van der Waals surface area contributed by atoms with Crippen molar-refractivity contribution in [3.63, 3.8) is 0 Å². The molecular formula is C14H17NO2S. The van der Waals surface area contributed by atoms with Gasteiger partial charge in [-0.05, 0) is 30.4 Å². The van der Waals surface area contributed by atoms with Crippen LogP contribution in [0.25, 0.3) is 10.6 Å². The standard InChI is InChI=1S/C14H17NO2S/c1-9(2)8-15-10(3)11(14(16)17)7-12(15)13-5-4-6-18-13/h4-7,9H,8H2,1-3H3,(H,16,17). The molecule has 0 bridgehead atoms. The Labute approximate surface area is 111 Å². The molecule has 2 aromatic heterocycles. The van der Waals surface area contributed by atoms with Crippen LogP contribution in [0, 0.1) is 12.8 Å². The summed E-state index contributed by atoms with van der Waals surface area (Å²) in [6.07, 6.45) is 0. The molecule has 0 saturated carbocycles. The Balaban J connectivity index is 2.56. The molecule has 4 heteroatoms. The third-order valence-electron chi connectivity index (χ3n) is 2.92. The zero-order valence-electron chi connectivity index (χ0n) is 10.8. The van der Waals surface area contributed by atoms with E-state index in [9.17, 15) is 9.90 Å². The Hall–Kier alpha value is -1.55. The van der Waals surface area contributed by atoms with E-state index >= 15 is 0 Å². The van der Waals surface area contributed by atoms with Gasteiger partial charge in [0.25, 0.3) is 0 Å². The molecule has 0 saturated heterocycles. The average Bonchev–Trinajstić information content (AvgIpc) is 2.87. The maximum atomic E-state index is 11.2. The molecule has 0 aliphatic rings. The van der Waals surface area contributed by atoms with E-state index in [4.69, 9.17) is 0 Å². The van der Waals surface area contributed by atoms with Crippen LogP contribution in [0.5, 0.6) is 0 Å². The fraction of sp³-hybridized carbons (Fsp3) is 0.357. The van der Waals surface area contributed by atoms with Crippen molar-refractivity contribution in [2.24, 2.45) is 5.92 Å². The molecule has 0 spiro atoms. The fourth-order valence-corrected chi connectivity index (χ4v) is 2.84. The Morgan fingerprint density at radius 3 is 2.72 bits per heavy atom. The van der Waals surface area contributed by atoms with Crippen LogP contribution in [-0.4, -0.2) is 15.6 Å². The quantitative estimate of drug-likeness (QED) is 0.909. The molecule has 1 N–H and O–H groups in total. The van der Waals surface area contributed by atoms with Crippen LogP contribution in [-0.2, 0) is 6.54 Å². The highest BCUT2D eigenvalue weighted by molar-refractivity contribution is 7.13. The first-order chi connectivity index (χ1) is 8.50. The first-order valence-electron chi connectivity index (χ1n) is 5.98. The summed E-state index contributed by atoms with van der Waals surface area (Å²) in [5.41, 5.74) is 2.24. The monoisotopic (exact) mass is 263 g/mol. The van der Waals surface area contributed by atoms with Crippen LogP contribution in [0.15, 0.2) is 23.6 Å². The third-order valence-corrected chi connectivity index (χ3v) is 3.81. The minimum atomic E-state index is -0.854. The van der Waals surface area contributed by atoms with E-state index in [-0.39, 0.29) is 0 Å². The van der Waals surface area contributed by atoms with E-state index in [1.54, 1.807) is 17.4 Å². The number of thiophene rings is 1. The van der Waals surface area contributed by atoms with Gasteiger partial charge in [0, 0.05) is 12.2 Å². The van der Waals surface area contributed by atoms with Crippen LogP contribution in [0.3, 0.4) is 0 Å². The lowest BCUT2D eigenvalue weighted by molar-refractivity contribution is 0.0696. The highest BCUT2D eigenvalue weighted by atomic mass is 32.1. The summed E-state index contributed by atoms with van der Waals surface area (Å²) in [6.45, 7) is 6.99. The first-order valence-corrected chi connectivity index (χ1v) is 6.86. The summed E-state index contributed by atoms with van der Waals surface area (Å²) in [7, 11) is 0. The summed E-state index contributed by atoms with van der Waals surface area (Å²) >= 11 is 1.64. The third kappa shape index (κ3) is 2.34. The smallest absolute Gasteiger partial charge is 0.337 e. The summed E-state index contributed by atoms with van der Waals surface area (Å²) in [4.78, 5) is 12.3. The van der Waals surface area contributed by atoms with Crippen LogP contribution in [0.4, 0.5) is 0 Å². The number of rotatable bonds is 4. The van der Waals surface area contributed by atoms with Crippen molar-refractivity contribution in [1.29, 1.82) is 0 Å². The van der Waals surface area contributed by atoms with Crippen molar-refractivity contribution in [2.45, 2.75) is 27.3 Å². The lowest BCUT2D eigenvalue weighted by atomic mass is 10.2. The van der Waals surface area contributed by atoms with Gasteiger partial charge in [0.1, 0.15) is 0 Å². The second kappa shape index (κ2) is 4.98. The number of carbonyl (C=O) groups is 1. The zero-order chi connectivity index (χ0) is 13.3. The number of hydrogen-bond donors (Lipinski definition) is 1. The number of hydrogen-bond acceptors (Lipinski definition) is 2. The number of nitrogens with zero attached hydrogens (tertiary/aromatic N) is 1. The van der Waals surface area contributed by atoms with Crippen LogP contribution in [0.2, 0.25) is 0 Å². The number of carboxylic acid groups (broad SMARTS) is 1. The van der Waals surface area contributed by atoms with Gasteiger partial charge in [0.2, 0.25) is 0 Å². The molecule has 0 aromatic carbocycles. The van der Waals surface area contributed by atoms with Gasteiger partial charge in [0.15, 0.2) is 0 Å². The van der Waals surface area contributed by atoms with Gasteiger partial charge in [-0.25, -0.2) is 4.79 Å². The van der Waals surface area contributed by atoms with Gasteiger partial charge < -0.3 is 9.67 Å². The van der Waals surface area contributed by atoms with E-state index in [0.717, 1.165) is 22.8 Å². The highest BCUT2D eigenvalue weighted by Crippen LogP contribution is 2.30. The molecule has 96 valence electrons. The predicted octanol–water partition coefficient (Wildman–Crippen LogP) is 3.88. The van der Waals surface area contributed by atoms with E-state index in [1.807, 2.05) is 24.4 Å². The van der Waals surface area contributed by atoms with Crippen molar-refractivity contribution >= 4 is 17.3 Å². The van der Waals surface area contributed by atoms with Crippen LogP contribution in [0.1, 0.15) is 29.9 Å². The molecule has 2 rings (SSSR count). The normalized spacial score (nSPS) is 11.1. The SMILES string of the molecule is Cc1c(C(=O)O)cc(-c2cccs2)n1CC(C)C. The Morgan fingerprint density at radius 1 is 1.50 bits per heavy atom. The largest absolute Gasteiger partial charge is 0.478 e. The Kier molecular flexibility index (Phi) is 3.57. The molecule has 0 amide bonds. The van der Waals surface area contributed by atoms with Crippen molar-refractivity contribution in [3.05, 3.63) is 34.8 Å². The van der Waals surface area contributed by atoms with Crippen LogP contribution < -0.4 is 0 Å². The van der Waals surface area contributed by atoms with Gasteiger partial charge in [-0.2, -0.15) is 0 Å². The lowest BCUT2D eigenvalue weighted by Gasteiger charge is -2.13. The first kappa shape index (κ1) is 12.9. The zero-order valence-corrected chi connectivity index (χ0v) is 11.6. The van der Waals surface area contributed by atoms with Crippen molar-refractivity contribution in [1.82, 2.24) is 4.57 Å². The highest BCUT2D eigenvalue weighted by Gasteiger charge is 2.18. The average molecular weight is 263 g/mol. The number of aromatic nitrogens is 1. The minimum Gasteiger partial charge on any atom is -0.478 e. The van der Waals surface area contributed by atoms with E-state index in [0.29, 0.717) is 11.5 Å². The van der Waals surface area contributed by atoms with E-state index in [1.165, 1.54) is 0 Å². The number of aromatic carboxylic acids is 1. The molecule has 0 fully saturated rings. The Morgan fingerprint density at radius 2 is 2.22 bits per heavy atom. The number of carboxylic acids is 1. The molecule has 0 radical (unpaired) electrons. The van der Waals surface area contributed by atoms with Crippen molar-refractivity contribution in [3.8, 4) is 10.6 Å². The second-order valence-electron chi connectivity index (χ2n) is 4.82. The summed E-state index contributed by atoms with van der Waals surface area (Å²) in [5, 5.41) is 11.2. The maximum Gasteiger partial charge on any atom is 0.337 e. The molecular weight excluding hydrogens is 246 g/mol. The summed E-state index contributed by atoms with van der Waals surface area (Å²) in [6, 6.07) is 5.80. The van der Waals surface area contributed by atoms with Crippen molar-refractivity contribution < 1.29 is 9.90 Å². The van der Waals surface area contributed by atoms with Crippen molar-refractivity contribution in [2.75, 3.05) is 0 Å². The summed E-state index contributed by atoms with van der Waals surface area (Å²) < 4.78 is 2.11. The topological polar surface area (TPSA) is 42.2 Å². The summed E-state index contributed by atoms with van der Waals surface area (Å²) in [5.74, 6) is -0.371.